The van der Waals surface area contributed by atoms with E-state index < -0.39 is 0 Å². The summed E-state index contributed by atoms with van der Waals surface area (Å²) in [6, 6.07) is 14.9. The third-order valence-corrected chi connectivity index (χ3v) is 3.50. The Morgan fingerprint density at radius 2 is 1.87 bits per heavy atom. The highest BCUT2D eigenvalue weighted by Gasteiger charge is 2.04. The number of nitrogens with one attached hydrogen (secondary N) is 2. The van der Waals surface area contributed by atoms with Crippen LogP contribution in [0.2, 0.25) is 0 Å². The first kappa shape index (κ1) is 17.3. The zero-order valence-corrected chi connectivity index (χ0v) is 14.4. The van der Waals surface area contributed by atoms with E-state index in [0.29, 0.717) is 24.7 Å². The van der Waals surface area contributed by atoms with Gasteiger partial charge in [-0.15, -0.1) is 0 Å². The molecule has 0 bridgehead atoms. The second-order valence-electron chi connectivity index (χ2n) is 4.78. The molecule has 0 heterocycles. The molecule has 2 aromatic carbocycles. The lowest BCUT2D eigenvalue weighted by molar-refractivity contribution is -0.114. The van der Waals surface area contributed by atoms with E-state index in [4.69, 9.17) is 9.47 Å². The van der Waals surface area contributed by atoms with E-state index in [9.17, 15) is 4.79 Å². The van der Waals surface area contributed by atoms with Crippen molar-refractivity contribution in [3.05, 3.63) is 53.0 Å². The molecule has 2 N–H and O–H groups in total. The summed E-state index contributed by atoms with van der Waals surface area (Å²) in [7, 11) is 1.62. The molecule has 0 radical (unpaired) electrons. The smallest absolute Gasteiger partial charge is 0.243 e. The van der Waals surface area contributed by atoms with Crippen LogP contribution < -0.4 is 15.4 Å². The number of benzene rings is 2. The van der Waals surface area contributed by atoms with E-state index in [0.717, 1.165) is 10.2 Å². The minimum absolute atomic E-state index is 0.123. The molecule has 0 aliphatic rings. The average Bonchev–Trinajstić information content (AvgIpc) is 2.55. The Morgan fingerprint density at radius 3 is 2.61 bits per heavy atom. The van der Waals surface area contributed by atoms with Crippen LogP contribution in [0, 0.1) is 0 Å². The number of hydrogen-bond donors (Lipinski definition) is 2. The monoisotopic (exact) mass is 378 g/mol. The van der Waals surface area contributed by atoms with Crippen LogP contribution >= 0.6 is 15.9 Å². The lowest BCUT2D eigenvalue weighted by Gasteiger charge is -2.10. The maximum atomic E-state index is 12.0. The summed E-state index contributed by atoms with van der Waals surface area (Å²) >= 11 is 3.37. The van der Waals surface area contributed by atoms with Crippen LogP contribution in [0.25, 0.3) is 0 Å². The number of amides is 1. The van der Waals surface area contributed by atoms with E-state index in [1.807, 2.05) is 42.5 Å². The van der Waals surface area contributed by atoms with Gasteiger partial charge >= 0.3 is 0 Å². The van der Waals surface area contributed by atoms with Gasteiger partial charge in [0.1, 0.15) is 12.4 Å². The summed E-state index contributed by atoms with van der Waals surface area (Å²) in [6.45, 7) is 1.18. The summed E-state index contributed by atoms with van der Waals surface area (Å²) < 4.78 is 11.4. The van der Waals surface area contributed by atoms with Gasteiger partial charge in [0.2, 0.25) is 5.91 Å². The van der Waals surface area contributed by atoms with Crippen molar-refractivity contribution >= 4 is 33.2 Å². The Kier molecular flexibility index (Phi) is 6.90. The van der Waals surface area contributed by atoms with E-state index in [-0.39, 0.29) is 12.5 Å². The first-order chi connectivity index (χ1) is 11.2. The fourth-order valence-electron chi connectivity index (χ4n) is 1.86. The first-order valence-corrected chi connectivity index (χ1v) is 7.98. The van der Waals surface area contributed by atoms with Crippen molar-refractivity contribution in [3.63, 3.8) is 0 Å². The second-order valence-corrected chi connectivity index (χ2v) is 5.69. The van der Waals surface area contributed by atoms with Gasteiger partial charge in [0.05, 0.1) is 13.2 Å². The van der Waals surface area contributed by atoms with Gasteiger partial charge in [-0.2, -0.15) is 0 Å². The number of hydrogen-bond acceptors (Lipinski definition) is 4. The van der Waals surface area contributed by atoms with Crippen molar-refractivity contribution < 1.29 is 14.3 Å². The van der Waals surface area contributed by atoms with Crippen molar-refractivity contribution in [2.24, 2.45) is 0 Å². The summed E-state index contributed by atoms with van der Waals surface area (Å²) in [5.74, 6) is 0.572. The third kappa shape index (κ3) is 6.30. The normalized spacial score (nSPS) is 10.2. The van der Waals surface area contributed by atoms with Gasteiger partial charge in [-0.1, -0.05) is 22.0 Å². The van der Waals surface area contributed by atoms with Gasteiger partial charge in [-0.3, -0.25) is 4.79 Å². The first-order valence-electron chi connectivity index (χ1n) is 7.18. The highest BCUT2D eigenvalue weighted by Crippen LogP contribution is 2.17. The fraction of sp³-hybridized carbons (Fsp3) is 0.235. The summed E-state index contributed by atoms with van der Waals surface area (Å²) in [4.78, 5) is 12.0. The minimum Gasteiger partial charge on any atom is -0.491 e. The molecule has 5 nitrogen and oxygen atoms in total. The minimum atomic E-state index is -0.123. The van der Waals surface area contributed by atoms with Crippen LogP contribution in [-0.4, -0.2) is 32.8 Å². The molecular formula is C17H19BrN2O3. The number of halogens is 1. The lowest BCUT2D eigenvalue weighted by atomic mass is 10.3. The summed E-state index contributed by atoms with van der Waals surface area (Å²) in [5, 5.41) is 5.90. The molecule has 2 rings (SSSR count). The molecule has 0 fully saturated rings. The Morgan fingerprint density at radius 1 is 1.09 bits per heavy atom. The SMILES string of the molecule is COCCOc1cccc(NC(=O)CNc2ccc(Br)cc2)c1. The number of methoxy groups -OCH3 is 1. The van der Waals surface area contributed by atoms with Gasteiger partial charge in [0.15, 0.2) is 0 Å². The molecule has 0 unspecified atom stereocenters. The van der Waals surface area contributed by atoms with Gasteiger partial charge in [-0.05, 0) is 36.4 Å². The fourth-order valence-corrected chi connectivity index (χ4v) is 2.13. The highest BCUT2D eigenvalue weighted by atomic mass is 79.9. The predicted molar refractivity (Wildman–Crippen MR) is 95.1 cm³/mol. The van der Waals surface area contributed by atoms with Crippen LogP contribution in [0.15, 0.2) is 53.0 Å². The van der Waals surface area contributed by atoms with E-state index in [1.165, 1.54) is 0 Å². The van der Waals surface area contributed by atoms with Crippen LogP contribution in [0.5, 0.6) is 5.75 Å². The predicted octanol–water partition coefficient (Wildman–Crippen LogP) is 3.52. The number of rotatable bonds is 8. The number of carbonyl (C=O) groups excluding carboxylic acids is 1. The topological polar surface area (TPSA) is 59.6 Å². The van der Waals surface area contributed by atoms with Crippen molar-refractivity contribution in [1.29, 1.82) is 0 Å². The quantitative estimate of drug-likeness (QED) is 0.689. The molecule has 0 aliphatic heterocycles. The van der Waals surface area contributed by atoms with E-state index in [1.54, 1.807) is 13.2 Å². The molecule has 0 saturated carbocycles. The molecule has 0 spiro atoms. The van der Waals surface area contributed by atoms with E-state index >= 15 is 0 Å². The molecule has 0 aromatic heterocycles. The average molecular weight is 379 g/mol. The third-order valence-electron chi connectivity index (χ3n) is 2.97. The number of ether oxygens (including phenoxy) is 2. The molecule has 1 amide bonds. The largest absolute Gasteiger partial charge is 0.491 e. The van der Waals surface area contributed by atoms with Gasteiger partial charge in [0, 0.05) is 29.0 Å². The van der Waals surface area contributed by atoms with Gasteiger partial charge < -0.3 is 20.1 Å². The Balaban J connectivity index is 1.82. The molecule has 0 aliphatic carbocycles. The van der Waals surface area contributed by atoms with Crippen molar-refractivity contribution in [2.45, 2.75) is 0 Å². The summed E-state index contributed by atoms with van der Waals surface area (Å²) in [6.07, 6.45) is 0. The molecular weight excluding hydrogens is 360 g/mol. The number of anilines is 2. The van der Waals surface area contributed by atoms with E-state index in [2.05, 4.69) is 26.6 Å². The van der Waals surface area contributed by atoms with Crippen LogP contribution in [-0.2, 0) is 9.53 Å². The molecule has 122 valence electrons. The van der Waals surface area contributed by atoms with Gasteiger partial charge in [0.25, 0.3) is 0 Å². The molecule has 23 heavy (non-hydrogen) atoms. The Bertz CT molecular complexity index is 632. The zero-order valence-electron chi connectivity index (χ0n) is 12.8. The maximum absolute atomic E-state index is 12.0. The maximum Gasteiger partial charge on any atom is 0.243 e. The summed E-state index contributed by atoms with van der Waals surface area (Å²) in [5.41, 5.74) is 1.59. The molecule has 6 heteroatoms. The van der Waals surface area contributed by atoms with Crippen molar-refractivity contribution in [3.8, 4) is 5.75 Å². The molecule has 0 saturated heterocycles. The van der Waals surface area contributed by atoms with Crippen molar-refractivity contribution in [1.82, 2.24) is 0 Å². The Labute approximate surface area is 144 Å². The number of carbonyl (C=O) groups is 1. The molecule has 0 atom stereocenters. The standard InChI is InChI=1S/C17H19BrN2O3/c1-22-9-10-23-16-4-2-3-15(11-16)20-17(21)12-19-14-7-5-13(18)6-8-14/h2-8,11,19H,9-10,12H2,1H3,(H,20,21). The zero-order chi connectivity index (χ0) is 16.5. The second kappa shape index (κ2) is 9.17. The molecule has 2 aromatic rings. The van der Waals surface area contributed by atoms with Crippen LogP contribution in [0.4, 0.5) is 11.4 Å². The highest BCUT2D eigenvalue weighted by molar-refractivity contribution is 9.10. The van der Waals surface area contributed by atoms with Crippen LogP contribution in [0.3, 0.4) is 0 Å². The Hall–Kier alpha value is -2.05. The lowest BCUT2D eigenvalue weighted by Crippen LogP contribution is -2.21. The van der Waals surface area contributed by atoms with Gasteiger partial charge in [-0.25, -0.2) is 0 Å². The van der Waals surface area contributed by atoms with Crippen LogP contribution in [0.1, 0.15) is 0 Å². The van der Waals surface area contributed by atoms with Crippen molar-refractivity contribution in [2.75, 3.05) is 37.5 Å².